The molecule has 2 saturated heterocycles. The van der Waals surface area contributed by atoms with Gasteiger partial charge in [0.15, 0.2) is 0 Å². The number of rotatable bonds is 0. The van der Waals surface area contributed by atoms with Crippen molar-refractivity contribution in [2.45, 2.75) is 56.7 Å². The van der Waals surface area contributed by atoms with Crippen LogP contribution in [0.1, 0.15) is 38.5 Å². The number of Topliss-reactive ketones (excluding diaryl/α,β-unsaturated/α-hetero) is 2. The standard InChI is InChI=1S/C19H26N2O2/c1-20-9-14-8-12-3-5-17(23)18-15-7-11(2-4-16(15)22)6-13(20)10-21(14)19(12)18/h7,12-15,18-19H,2-6,8-10H2,1H3/t12-,13-,14+,15+,18+,19+/m1/s1. The Labute approximate surface area is 137 Å². The van der Waals surface area contributed by atoms with Crippen LogP contribution in [0.15, 0.2) is 11.6 Å². The van der Waals surface area contributed by atoms with Crippen molar-refractivity contribution < 1.29 is 9.59 Å². The highest BCUT2D eigenvalue weighted by Crippen LogP contribution is 2.48. The summed E-state index contributed by atoms with van der Waals surface area (Å²) in [4.78, 5) is 30.6. The predicted molar refractivity (Wildman–Crippen MR) is 87.0 cm³/mol. The van der Waals surface area contributed by atoms with Crippen LogP contribution in [-0.4, -0.2) is 59.6 Å². The molecule has 4 heteroatoms. The molecule has 3 heterocycles. The van der Waals surface area contributed by atoms with E-state index in [4.69, 9.17) is 0 Å². The van der Waals surface area contributed by atoms with Crippen molar-refractivity contribution in [2.75, 3.05) is 20.1 Å². The largest absolute Gasteiger partial charge is 0.300 e. The maximum absolute atomic E-state index is 12.8. The van der Waals surface area contributed by atoms with Gasteiger partial charge in [0.25, 0.3) is 0 Å². The molecule has 0 spiro atoms. The Morgan fingerprint density at radius 2 is 1.91 bits per heavy atom. The second-order valence-electron chi connectivity index (χ2n) is 8.48. The zero-order valence-electron chi connectivity index (χ0n) is 13.9. The topological polar surface area (TPSA) is 40.6 Å². The fourth-order valence-electron chi connectivity index (χ4n) is 6.22. The molecule has 5 aliphatic rings. The number of likely N-dealkylation sites (N-methyl/N-ethyl adjacent to an activating group) is 1. The van der Waals surface area contributed by atoms with Gasteiger partial charge in [-0.2, -0.15) is 0 Å². The van der Waals surface area contributed by atoms with E-state index in [-0.39, 0.29) is 11.8 Å². The van der Waals surface area contributed by atoms with E-state index < -0.39 is 0 Å². The minimum Gasteiger partial charge on any atom is -0.300 e. The van der Waals surface area contributed by atoms with Crippen molar-refractivity contribution >= 4 is 11.6 Å². The van der Waals surface area contributed by atoms with Gasteiger partial charge >= 0.3 is 0 Å². The normalized spacial score (nSPS) is 46.9. The number of ketones is 2. The monoisotopic (exact) mass is 314 g/mol. The van der Waals surface area contributed by atoms with Crippen molar-refractivity contribution in [3.8, 4) is 0 Å². The van der Waals surface area contributed by atoms with Gasteiger partial charge in [-0.25, -0.2) is 0 Å². The Bertz CT molecular complexity index is 598. The van der Waals surface area contributed by atoms with Crippen LogP contribution in [0.5, 0.6) is 0 Å². The summed E-state index contributed by atoms with van der Waals surface area (Å²) in [6.45, 7) is 2.22. The van der Waals surface area contributed by atoms with Crippen LogP contribution < -0.4 is 0 Å². The Hall–Kier alpha value is -1.00. The predicted octanol–water partition coefficient (Wildman–Crippen LogP) is 1.65. The van der Waals surface area contributed by atoms with Crippen molar-refractivity contribution in [1.29, 1.82) is 0 Å². The van der Waals surface area contributed by atoms with Gasteiger partial charge in [-0.3, -0.25) is 14.5 Å². The summed E-state index contributed by atoms with van der Waals surface area (Å²) < 4.78 is 0. The number of hydrogen-bond donors (Lipinski definition) is 0. The van der Waals surface area contributed by atoms with Gasteiger partial charge in [0.1, 0.15) is 11.6 Å². The fraction of sp³-hybridized carbons (Fsp3) is 0.789. The van der Waals surface area contributed by atoms with Crippen molar-refractivity contribution in [3.63, 3.8) is 0 Å². The maximum atomic E-state index is 12.8. The van der Waals surface area contributed by atoms with E-state index in [1.54, 1.807) is 0 Å². The third-order valence-electron chi connectivity index (χ3n) is 7.32. The molecule has 4 bridgehead atoms. The molecule has 0 aromatic heterocycles. The van der Waals surface area contributed by atoms with E-state index in [0.29, 0.717) is 48.5 Å². The number of fused-ring (bicyclic) bond motifs is 3. The van der Waals surface area contributed by atoms with Crippen LogP contribution in [0.3, 0.4) is 0 Å². The molecule has 3 aliphatic heterocycles. The fourth-order valence-corrected chi connectivity index (χ4v) is 6.22. The molecule has 23 heavy (non-hydrogen) atoms. The smallest absolute Gasteiger partial charge is 0.140 e. The summed E-state index contributed by atoms with van der Waals surface area (Å²) in [5.41, 5.74) is 1.43. The van der Waals surface area contributed by atoms with Gasteiger partial charge in [0.05, 0.1) is 0 Å². The summed E-state index contributed by atoms with van der Waals surface area (Å²) in [6.07, 6.45) is 7.83. The molecule has 124 valence electrons. The van der Waals surface area contributed by atoms with Gasteiger partial charge in [-0.15, -0.1) is 0 Å². The van der Waals surface area contributed by atoms with Crippen molar-refractivity contribution in [3.05, 3.63) is 11.6 Å². The third kappa shape index (κ3) is 2.04. The summed E-state index contributed by atoms with van der Waals surface area (Å²) in [5, 5.41) is 0. The number of allylic oxidation sites excluding steroid dienone is 1. The van der Waals surface area contributed by atoms with Gasteiger partial charge in [0.2, 0.25) is 0 Å². The number of hydrogen-bond acceptors (Lipinski definition) is 4. The molecule has 0 aromatic rings. The quantitative estimate of drug-likeness (QED) is 0.638. The van der Waals surface area contributed by atoms with Crippen molar-refractivity contribution in [1.82, 2.24) is 9.80 Å². The maximum Gasteiger partial charge on any atom is 0.140 e. The number of nitrogens with zero attached hydrogens (tertiary/aromatic N) is 2. The van der Waals surface area contributed by atoms with Crippen LogP contribution >= 0.6 is 0 Å². The first-order valence-corrected chi connectivity index (χ1v) is 9.33. The molecule has 2 aliphatic carbocycles. The molecule has 0 aromatic carbocycles. The highest BCUT2D eigenvalue weighted by molar-refractivity contribution is 5.93. The minimum atomic E-state index is -0.123. The second-order valence-corrected chi connectivity index (χ2v) is 8.48. The Morgan fingerprint density at radius 1 is 1.04 bits per heavy atom. The highest BCUT2D eigenvalue weighted by atomic mass is 16.1. The summed E-state index contributed by atoms with van der Waals surface area (Å²) >= 11 is 0. The minimum absolute atomic E-state index is 0.0521. The zero-order valence-corrected chi connectivity index (χ0v) is 13.9. The Kier molecular flexibility index (Phi) is 3.12. The highest BCUT2D eigenvalue weighted by Gasteiger charge is 2.55. The van der Waals surface area contributed by atoms with Crippen molar-refractivity contribution in [2.24, 2.45) is 17.8 Å². The van der Waals surface area contributed by atoms with Crippen LogP contribution in [-0.2, 0) is 9.59 Å². The van der Waals surface area contributed by atoms with Crippen LogP contribution in [0.25, 0.3) is 0 Å². The lowest BCUT2D eigenvalue weighted by Crippen LogP contribution is -2.59. The van der Waals surface area contributed by atoms with E-state index in [0.717, 1.165) is 32.4 Å². The lowest BCUT2D eigenvalue weighted by Gasteiger charge is -2.46. The third-order valence-corrected chi connectivity index (χ3v) is 7.32. The molecular formula is C19H26N2O2. The zero-order chi connectivity index (χ0) is 15.7. The second kappa shape index (κ2) is 5.00. The van der Waals surface area contributed by atoms with E-state index in [1.165, 1.54) is 12.0 Å². The average molecular weight is 314 g/mol. The molecule has 0 radical (unpaired) electrons. The van der Waals surface area contributed by atoms with Gasteiger partial charge in [-0.1, -0.05) is 11.6 Å². The number of carbonyl (C=O) groups is 2. The van der Waals surface area contributed by atoms with E-state index in [1.807, 2.05) is 0 Å². The molecule has 5 rings (SSSR count). The summed E-state index contributed by atoms with van der Waals surface area (Å²) in [6, 6.07) is 1.48. The Morgan fingerprint density at radius 3 is 2.78 bits per heavy atom. The average Bonchev–Trinajstić information content (AvgIpc) is 2.88. The Balaban J connectivity index is 1.64. The van der Waals surface area contributed by atoms with E-state index in [9.17, 15) is 9.59 Å². The van der Waals surface area contributed by atoms with E-state index in [2.05, 4.69) is 22.9 Å². The van der Waals surface area contributed by atoms with Crippen LogP contribution in [0.4, 0.5) is 0 Å². The summed E-state index contributed by atoms with van der Waals surface area (Å²) in [7, 11) is 2.26. The molecule has 4 nitrogen and oxygen atoms in total. The molecular weight excluding hydrogens is 288 g/mol. The molecule has 3 fully saturated rings. The first-order valence-electron chi connectivity index (χ1n) is 9.33. The molecule has 0 unspecified atom stereocenters. The lowest BCUT2D eigenvalue weighted by molar-refractivity contribution is -0.136. The van der Waals surface area contributed by atoms with Crippen LogP contribution in [0, 0.1) is 17.8 Å². The van der Waals surface area contributed by atoms with Gasteiger partial charge in [-0.05, 0) is 38.6 Å². The SMILES string of the molecule is CN1C[C@@H]2C[C@H]3CCC(=O)[C@H]4[C@H]3N2C[C@H]1CC1=C[C@H]4C(=O)CC1. The molecule has 6 atom stereocenters. The number of piperazine rings is 1. The van der Waals surface area contributed by atoms with Gasteiger partial charge < -0.3 is 4.90 Å². The lowest BCUT2D eigenvalue weighted by atomic mass is 9.67. The first-order chi connectivity index (χ1) is 11.1. The van der Waals surface area contributed by atoms with E-state index >= 15 is 0 Å². The molecule has 1 saturated carbocycles. The summed E-state index contributed by atoms with van der Waals surface area (Å²) in [5.74, 6) is 1.13. The first kappa shape index (κ1) is 14.4. The number of carbonyl (C=O) groups excluding carboxylic acids is 2. The molecule has 0 amide bonds. The molecule has 0 N–H and O–H groups in total. The van der Waals surface area contributed by atoms with Crippen LogP contribution in [0.2, 0.25) is 0 Å². The van der Waals surface area contributed by atoms with Gasteiger partial charge in [0, 0.05) is 55.9 Å².